The molecule has 0 aliphatic heterocycles. The summed E-state index contributed by atoms with van der Waals surface area (Å²) in [5, 5.41) is 9.40. The van der Waals surface area contributed by atoms with Crippen molar-refractivity contribution in [3.8, 4) is 5.75 Å². The van der Waals surface area contributed by atoms with Crippen molar-refractivity contribution in [1.29, 1.82) is 0 Å². The van der Waals surface area contributed by atoms with Crippen LogP contribution in [0.2, 0.25) is 0 Å². The fourth-order valence-corrected chi connectivity index (χ4v) is 2.87. The Morgan fingerprint density at radius 1 is 1.19 bits per heavy atom. The van der Waals surface area contributed by atoms with Crippen molar-refractivity contribution in [2.75, 3.05) is 13.2 Å². The van der Waals surface area contributed by atoms with Gasteiger partial charge in [0, 0.05) is 9.75 Å². The molecule has 1 aromatic carbocycles. The zero-order chi connectivity index (χ0) is 15.5. The van der Waals surface area contributed by atoms with Crippen LogP contribution in [-0.4, -0.2) is 18.3 Å². The number of aliphatic hydroxyl groups is 1. The lowest BCUT2D eigenvalue weighted by Gasteiger charge is -2.17. The van der Waals surface area contributed by atoms with Crippen molar-refractivity contribution in [2.45, 2.75) is 19.0 Å². The summed E-state index contributed by atoms with van der Waals surface area (Å²) >= 11 is 1.50. The van der Waals surface area contributed by atoms with Crippen molar-refractivity contribution in [3.05, 3.63) is 51.7 Å². The Hall–Kier alpha value is -1.53. The van der Waals surface area contributed by atoms with Gasteiger partial charge in [0.2, 0.25) is 0 Å². The summed E-state index contributed by atoms with van der Waals surface area (Å²) in [4.78, 5) is 1.98. The molecule has 1 heterocycles. The number of aliphatic hydroxyl groups excluding tert-OH is 1. The molecule has 114 valence electrons. The summed E-state index contributed by atoms with van der Waals surface area (Å²) in [5.41, 5.74) is -0.802. The molecule has 1 N–H and O–H groups in total. The van der Waals surface area contributed by atoms with Gasteiger partial charge in [0.25, 0.3) is 0 Å². The molecule has 6 heteroatoms. The van der Waals surface area contributed by atoms with Crippen LogP contribution in [0.5, 0.6) is 5.75 Å². The quantitative estimate of drug-likeness (QED) is 0.894. The van der Waals surface area contributed by atoms with Crippen LogP contribution < -0.4 is 4.74 Å². The summed E-state index contributed by atoms with van der Waals surface area (Å²) in [6.07, 6.45) is -4.45. The summed E-state index contributed by atoms with van der Waals surface area (Å²) in [5.74, 6) is -0.540. The van der Waals surface area contributed by atoms with E-state index in [1.54, 1.807) is 0 Å². The third-order valence-electron chi connectivity index (χ3n) is 3.02. The van der Waals surface area contributed by atoms with E-state index in [0.29, 0.717) is 0 Å². The number of para-hydroxylation sites is 1. The average molecular weight is 316 g/mol. The molecular weight excluding hydrogens is 301 g/mol. The maximum atomic E-state index is 12.9. The SMILES string of the molecule is Cc1ccc(C(CO)COc2ccccc2C(F)(F)F)s1. The van der Waals surface area contributed by atoms with Crippen LogP contribution in [-0.2, 0) is 6.18 Å². The predicted octanol–water partition coefficient (Wildman–Crippen LogP) is 4.23. The van der Waals surface area contributed by atoms with Crippen molar-refractivity contribution in [3.63, 3.8) is 0 Å². The van der Waals surface area contributed by atoms with E-state index in [9.17, 15) is 18.3 Å². The van der Waals surface area contributed by atoms with Gasteiger partial charge in [0.15, 0.2) is 0 Å². The van der Waals surface area contributed by atoms with E-state index < -0.39 is 11.7 Å². The summed E-state index contributed by atoms with van der Waals surface area (Å²) in [6, 6.07) is 8.86. The van der Waals surface area contributed by atoms with Crippen LogP contribution >= 0.6 is 11.3 Å². The second-order valence-corrected chi connectivity index (χ2v) is 5.95. The Morgan fingerprint density at radius 3 is 2.48 bits per heavy atom. The van der Waals surface area contributed by atoms with Crippen molar-refractivity contribution >= 4 is 11.3 Å². The minimum atomic E-state index is -4.45. The molecule has 0 bridgehead atoms. The first-order valence-electron chi connectivity index (χ1n) is 6.38. The van der Waals surface area contributed by atoms with Crippen LogP contribution in [0.3, 0.4) is 0 Å². The van der Waals surface area contributed by atoms with Gasteiger partial charge in [-0.05, 0) is 31.2 Å². The molecule has 0 saturated heterocycles. The first-order valence-corrected chi connectivity index (χ1v) is 7.19. The Kier molecular flexibility index (Phi) is 4.90. The predicted molar refractivity (Wildman–Crippen MR) is 75.8 cm³/mol. The number of hydrogen-bond acceptors (Lipinski definition) is 3. The molecular formula is C15H15F3O2S. The maximum absolute atomic E-state index is 12.9. The summed E-state index contributed by atoms with van der Waals surface area (Å²) < 4.78 is 43.9. The lowest BCUT2D eigenvalue weighted by Crippen LogP contribution is -2.15. The molecule has 0 aliphatic rings. The second kappa shape index (κ2) is 6.49. The number of benzene rings is 1. The smallest absolute Gasteiger partial charge is 0.419 e. The molecule has 2 nitrogen and oxygen atoms in total. The van der Waals surface area contributed by atoms with Gasteiger partial charge in [0.05, 0.1) is 24.7 Å². The normalized spacial score (nSPS) is 13.2. The lowest BCUT2D eigenvalue weighted by molar-refractivity contribution is -0.139. The van der Waals surface area contributed by atoms with Crippen LogP contribution in [0.4, 0.5) is 13.2 Å². The molecule has 1 unspecified atom stereocenters. The van der Waals surface area contributed by atoms with Crippen LogP contribution in [0.1, 0.15) is 21.2 Å². The van der Waals surface area contributed by atoms with E-state index in [2.05, 4.69) is 0 Å². The average Bonchev–Trinajstić information content (AvgIpc) is 2.85. The van der Waals surface area contributed by atoms with Crippen LogP contribution in [0.25, 0.3) is 0 Å². The number of thiophene rings is 1. The molecule has 0 spiro atoms. The number of rotatable bonds is 5. The molecule has 0 radical (unpaired) electrons. The van der Waals surface area contributed by atoms with Crippen molar-refractivity contribution < 1.29 is 23.0 Å². The first kappa shape index (κ1) is 15.9. The summed E-state index contributed by atoms with van der Waals surface area (Å²) in [6.45, 7) is 1.76. The van der Waals surface area contributed by atoms with Gasteiger partial charge in [-0.15, -0.1) is 11.3 Å². The van der Waals surface area contributed by atoms with Gasteiger partial charge >= 0.3 is 6.18 Å². The highest BCUT2D eigenvalue weighted by atomic mass is 32.1. The van der Waals surface area contributed by atoms with Crippen molar-refractivity contribution in [2.24, 2.45) is 0 Å². The Labute approximate surface area is 124 Å². The van der Waals surface area contributed by atoms with Crippen LogP contribution in [0.15, 0.2) is 36.4 Å². The number of hydrogen-bond donors (Lipinski definition) is 1. The Balaban J connectivity index is 2.12. The van der Waals surface area contributed by atoms with E-state index in [1.165, 1.54) is 29.5 Å². The lowest BCUT2D eigenvalue weighted by atomic mass is 10.1. The zero-order valence-corrected chi connectivity index (χ0v) is 12.2. The number of alkyl halides is 3. The highest BCUT2D eigenvalue weighted by Gasteiger charge is 2.34. The van der Waals surface area contributed by atoms with Gasteiger partial charge in [-0.2, -0.15) is 13.2 Å². The molecule has 1 aromatic heterocycles. The van der Waals surface area contributed by atoms with Crippen LogP contribution in [0, 0.1) is 6.92 Å². The molecule has 2 rings (SSSR count). The van der Waals surface area contributed by atoms with E-state index >= 15 is 0 Å². The minimum Gasteiger partial charge on any atom is -0.492 e. The second-order valence-electron chi connectivity index (χ2n) is 4.63. The summed E-state index contributed by atoms with van der Waals surface area (Å²) in [7, 11) is 0. The van der Waals surface area contributed by atoms with Gasteiger partial charge in [-0.1, -0.05) is 12.1 Å². The molecule has 0 saturated carbocycles. The maximum Gasteiger partial charge on any atom is 0.419 e. The molecule has 0 aliphatic carbocycles. The van der Waals surface area contributed by atoms with E-state index in [-0.39, 0.29) is 24.9 Å². The fourth-order valence-electron chi connectivity index (χ4n) is 1.91. The van der Waals surface area contributed by atoms with Gasteiger partial charge in [-0.25, -0.2) is 0 Å². The number of aryl methyl sites for hydroxylation is 1. The number of ether oxygens (including phenoxy) is 1. The zero-order valence-electron chi connectivity index (χ0n) is 11.4. The molecule has 21 heavy (non-hydrogen) atoms. The molecule has 2 aromatic rings. The van der Waals surface area contributed by atoms with Crippen molar-refractivity contribution in [1.82, 2.24) is 0 Å². The standard InChI is InChI=1S/C15H15F3O2S/c1-10-6-7-14(21-10)11(8-19)9-20-13-5-3-2-4-12(13)15(16,17)18/h2-7,11,19H,8-9H2,1H3. The monoisotopic (exact) mass is 316 g/mol. The largest absolute Gasteiger partial charge is 0.492 e. The van der Waals surface area contributed by atoms with E-state index in [4.69, 9.17) is 4.74 Å². The highest BCUT2D eigenvalue weighted by molar-refractivity contribution is 7.12. The van der Waals surface area contributed by atoms with E-state index in [0.717, 1.165) is 15.8 Å². The minimum absolute atomic E-state index is 0.00352. The fraction of sp³-hybridized carbons (Fsp3) is 0.333. The van der Waals surface area contributed by atoms with Gasteiger partial charge in [0.1, 0.15) is 5.75 Å². The van der Waals surface area contributed by atoms with Gasteiger partial charge < -0.3 is 9.84 Å². The molecule has 1 atom stereocenters. The third kappa shape index (κ3) is 3.98. The van der Waals surface area contributed by atoms with E-state index in [1.807, 2.05) is 19.1 Å². The third-order valence-corrected chi connectivity index (χ3v) is 4.18. The Morgan fingerprint density at radius 2 is 1.90 bits per heavy atom. The number of halogens is 3. The van der Waals surface area contributed by atoms with Gasteiger partial charge in [-0.3, -0.25) is 0 Å². The molecule has 0 amide bonds. The highest BCUT2D eigenvalue weighted by Crippen LogP contribution is 2.36. The topological polar surface area (TPSA) is 29.5 Å². The molecule has 0 fully saturated rings. The first-order chi connectivity index (χ1) is 9.91. The Bertz CT molecular complexity index is 593.